The van der Waals surface area contributed by atoms with Gasteiger partial charge in [-0.2, -0.15) is 4.57 Å². The molecule has 1 heterocycles. The number of aromatic nitrogens is 1. The molecule has 4 heteroatoms. The van der Waals surface area contributed by atoms with Crippen LogP contribution in [0.25, 0.3) is 0 Å². The summed E-state index contributed by atoms with van der Waals surface area (Å²) in [6.45, 7) is 3.30. The van der Waals surface area contributed by atoms with Crippen molar-refractivity contribution in [1.29, 1.82) is 0 Å². The van der Waals surface area contributed by atoms with E-state index in [1.165, 1.54) is 6.92 Å². The Morgan fingerprint density at radius 2 is 1.80 bits per heavy atom. The first-order valence-electron chi connectivity index (χ1n) is 6.45. The van der Waals surface area contributed by atoms with E-state index in [4.69, 9.17) is 0 Å². The van der Waals surface area contributed by atoms with E-state index in [0.29, 0.717) is 5.56 Å². The third kappa shape index (κ3) is 3.29. The molecule has 0 aliphatic carbocycles. The smallest absolute Gasteiger partial charge is 0.293 e. The van der Waals surface area contributed by atoms with Crippen LogP contribution in [0.15, 0.2) is 54.9 Å². The predicted octanol–water partition coefficient (Wildman–Crippen LogP) is 2.38. The van der Waals surface area contributed by atoms with Crippen molar-refractivity contribution in [2.45, 2.75) is 19.9 Å². The normalized spacial score (nSPS) is 11.7. The molecule has 1 atom stereocenters. The number of pyridine rings is 1. The van der Waals surface area contributed by atoms with Gasteiger partial charge in [0.25, 0.3) is 5.91 Å². The van der Waals surface area contributed by atoms with Crippen LogP contribution >= 0.6 is 0 Å². The van der Waals surface area contributed by atoms with Gasteiger partial charge in [-0.15, -0.1) is 0 Å². The Kier molecular flexibility index (Phi) is 4.25. The number of nitrogens with zero attached hydrogens (tertiary/aromatic N) is 1. The maximum atomic E-state index is 12.2. The molecular formula is C16H17N2O2+. The molecule has 0 aliphatic heterocycles. The molecule has 2 rings (SSSR count). The number of benzene rings is 1. The number of hydrogen-bond acceptors (Lipinski definition) is 2. The van der Waals surface area contributed by atoms with Crippen LogP contribution in [0.4, 0.5) is 5.69 Å². The Morgan fingerprint density at radius 3 is 2.45 bits per heavy atom. The highest BCUT2D eigenvalue weighted by atomic mass is 16.2. The van der Waals surface area contributed by atoms with Gasteiger partial charge in [-0.1, -0.05) is 18.2 Å². The fraction of sp³-hybridized carbons (Fsp3) is 0.188. The van der Waals surface area contributed by atoms with Crippen molar-refractivity contribution in [1.82, 2.24) is 0 Å². The van der Waals surface area contributed by atoms with Gasteiger partial charge in [0.15, 0.2) is 18.2 Å². The van der Waals surface area contributed by atoms with Gasteiger partial charge in [-0.3, -0.25) is 9.59 Å². The quantitative estimate of drug-likeness (QED) is 0.684. The zero-order valence-corrected chi connectivity index (χ0v) is 11.5. The van der Waals surface area contributed by atoms with Crippen LogP contribution in [0.1, 0.15) is 30.2 Å². The first kappa shape index (κ1) is 13.9. The highest BCUT2D eigenvalue weighted by Gasteiger charge is 2.22. The summed E-state index contributed by atoms with van der Waals surface area (Å²) in [5.41, 5.74) is 1.35. The average Bonchev–Trinajstić information content (AvgIpc) is 2.47. The van der Waals surface area contributed by atoms with E-state index in [-0.39, 0.29) is 11.7 Å². The lowest BCUT2D eigenvalue weighted by molar-refractivity contribution is -0.705. The summed E-state index contributed by atoms with van der Waals surface area (Å²) >= 11 is 0. The molecule has 0 bridgehead atoms. The molecule has 102 valence electrons. The van der Waals surface area contributed by atoms with Crippen LogP contribution in [0.5, 0.6) is 0 Å². The maximum absolute atomic E-state index is 12.2. The Morgan fingerprint density at radius 1 is 1.10 bits per heavy atom. The number of ketones is 1. The fourth-order valence-electron chi connectivity index (χ4n) is 1.85. The summed E-state index contributed by atoms with van der Waals surface area (Å²) in [4.78, 5) is 23.5. The fourth-order valence-corrected chi connectivity index (χ4v) is 1.85. The number of rotatable bonds is 4. The number of nitrogens with one attached hydrogen (secondary N) is 1. The van der Waals surface area contributed by atoms with E-state index in [0.717, 1.165) is 5.69 Å². The van der Waals surface area contributed by atoms with E-state index in [1.54, 1.807) is 36.0 Å². The van der Waals surface area contributed by atoms with Crippen molar-refractivity contribution in [2.75, 3.05) is 5.32 Å². The Bertz CT molecular complexity index is 623. The number of para-hydroxylation sites is 1. The molecule has 1 N–H and O–H groups in total. The number of amides is 1. The molecule has 0 spiro atoms. The maximum Gasteiger partial charge on any atom is 0.293 e. The van der Waals surface area contributed by atoms with Gasteiger partial charge < -0.3 is 5.32 Å². The molecule has 0 radical (unpaired) electrons. The van der Waals surface area contributed by atoms with E-state index < -0.39 is 6.04 Å². The van der Waals surface area contributed by atoms with Crippen LogP contribution in [0.3, 0.4) is 0 Å². The first-order chi connectivity index (χ1) is 9.58. The molecule has 1 amide bonds. The van der Waals surface area contributed by atoms with Crippen molar-refractivity contribution in [3.05, 3.63) is 60.4 Å². The molecule has 4 nitrogen and oxygen atoms in total. The monoisotopic (exact) mass is 269 g/mol. The Labute approximate surface area is 118 Å². The minimum absolute atomic E-state index is 0.0185. The van der Waals surface area contributed by atoms with Crippen LogP contribution < -0.4 is 9.88 Å². The number of anilines is 1. The van der Waals surface area contributed by atoms with E-state index >= 15 is 0 Å². The molecule has 0 saturated heterocycles. The van der Waals surface area contributed by atoms with Gasteiger partial charge in [-0.05, 0) is 25.1 Å². The average molecular weight is 269 g/mol. The lowest BCUT2D eigenvalue weighted by Crippen LogP contribution is -2.44. The van der Waals surface area contributed by atoms with Gasteiger partial charge >= 0.3 is 0 Å². The van der Waals surface area contributed by atoms with Gasteiger partial charge in [0.2, 0.25) is 6.04 Å². The minimum atomic E-state index is -0.394. The summed E-state index contributed by atoms with van der Waals surface area (Å²) in [6.07, 6.45) is 3.47. The molecule has 1 aromatic heterocycles. The standard InChI is InChI=1S/C16H16N2O2/c1-12(16(20)17-15-8-4-3-5-9-15)18-10-6-7-14(11-18)13(2)19/h3-12H,1-2H3/p+1/t12-/m1/s1. The van der Waals surface area contributed by atoms with Crippen molar-refractivity contribution in [2.24, 2.45) is 0 Å². The number of Topliss-reactive ketones (excluding diaryl/α,β-unsaturated/α-hetero) is 1. The molecule has 0 saturated carbocycles. The summed E-state index contributed by atoms with van der Waals surface area (Å²) in [6, 6.07) is 12.4. The van der Waals surface area contributed by atoms with E-state index in [1.807, 2.05) is 30.3 Å². The summed E-state index contributed by atoms with van der Waals surface area (Å²) in [7, 11) is 0. The highest BCUT2D eigenvalue weighted by Crippen LogP contribution is 2.08. The largest absolute Gasteiger partial charge is 0.320 e. The molecule has 0 fully saturated rings. The number of carbonyl (C=O) groups is 2. The molecule has 1 aromatic carbocycles. The van der Waals surface area contributed by atoms with Crippen molar-refractivity contribution in [3.8, 4) is 0 Å². The summed E-state index contributed by atoms with van der Waals surface area (Å²) in [5.74, 6) is -0.142. The van der Waals surface area contributed by atoms with Gasteiger partial charge in [0.05, 0.1) is 5.56 Å². The second-order valence-corrected chi connectivity index (χ2v) is 4.63. The summed E-state index contributed by atoms with van der Waals surface area (Å²) in [5, 5.41) is 2.84. The first-order valence-corrected chi connectivity index (χ1v) is 6.45. The lowest BCUT2D eigenvalue weighted by Gasteiger charge is -2.09. The second kappa shape index (κ2) is 6.10. The molecule has 0 unspecified atom stereocenters. The van der Waals surface area contributed by atoms with Gasteiger partial charge in [0, 0.05) is 18.7 Å². The topological polar surface area (TPSA) is 50.0 Å². The zero-order chi connectivity index (χ0) is 14.5. The van der Waals surface area contributed by atoms with Crippen LogP contribution in [0, 0.1) is 0 Å². The van der Waals surface area contributed by atoms with Crippen LogP contribution in [0.2, 0.25) is 0 Å². The van der Waals surface area contributed by atoms with E-state index in [9.17, 15) is 9.59 Å². The molecule has 2 aromatic rings. The third-order valence-electron chi connectivity index (χ3n) is 3.10. The van der Waals surface area contributed by atoms with Crippen LogP contribution in [-0.2, 0) is 4.79 Å². The third-order valence-corrected chi connectivity index (χ3v) is 3.10. The van der Waals surface area contributed by atoms with E-state index in [2.05, 4.69) is 5.32 Å². The Balaban J connectivity index is 2.14. The molecular weight excluding hydrogens is 252 g/mol. The highest BCUT2D eigenvalue weighted by molar-refractivity contribution is 5.94. The van der Waals surface area contributed by atoms with Crippen molar-refractivity contribution in [3.63, 3.8) is 0 Å². The predicted molar refractivity (Wildman–Crippen MR) is 76.4 cm³/mol. The lowest BCUT2D eigenvalue weighted by atomic mass is 10.2. The SMILES string of the molecule is CC(=O)c1ccc[n+]([C@H](C)C(=O)Nc2ccccc2)c1. The molecule has 20 heavy (non-hydrogen) atoms. The zero-order valence-electron chi connectivity index (χ0n) is 11.5. The second-order valence-electron chi connectivity index (χ2n) is 4.63. The van der Waals surface area contributed by atoms with Gasteiger partial charge in [0.1, 0.15) is 0 Å². The number of carbonyl (C=O) groups excluding carboxylic acids is 2. The van der Waals surface area contributed by atoms with Crippen molar-refractivity contribution >= 4 is 17.4 Å². The summed E-state index contributed by atoms with van der Waals surface area (Å²) < 4.78 is 1.73. The van der Waals surface area contributed by atoms with Crippen LogP contribution in [-0.4, -0.2) is 11.7 Å². The molecule has 0 aliphatic rings. The Hall–Kier alpha value is -2.49. The minimum Gasteiger partial charge on any atom is -0.320 e. The van der Waals surface area contributed by atoms with Crippen molar-refractivity contribution < 1.29 is 14.2 Å². The number of hydrogen-bond donors (Lipinski definition) is 1. The van der Waals surface area contributed by atoms with Gasteiger partial charge in [-0.25, -0.2) is 0 Å².